The van der Waals surface area contributed by atoms with Crippen LogP contribution in [0.25, 0.3) is 0 Å². The first-order valence-corrected chi connectivity index (χ1v) is 2.76. The van der Waals surface area contributed by atoms with E-state index in [1.807, 2.05) is 13.8 Å². The van der Waals surface area contributed by atoms with Crippen molar-refractivity contribution in [1.82, 2.24) is 0 Å². The highest BCUT2D eigenvalue weighted by Crippen LogP contribution is 1.77. The monoisotopic (exact) mass is 125 g/mol. The molecule has 0 heterocycles. The van der Waals surface area contributed by atoms with Crippen molar-refractivity contribution < 1.29 is 9.31 Å². The van der Waals surface area contributed by atoms with Crippen LogP contribution >= 0.6 is 0 Å². The summed E-state index contributed by atoms with van der Waals surface area (Å²) < 4.78 is 9.41. The fourth-order valence-electron chi connectivity index (χ4n) is 0.253. The van der Waals surface area contributed by atoms with E-state index in [4.69, 9.17) is 9.31 Å². The standard InChI is InChI=1S/C6H10BO2/c1-3-5-8-7-9-6-4-2/h3-6H,1-2H3. The van der Waals surface area contributed by atoms with Gasteiger partial charge in [-0.25, -0.2) is 0 Å². The predicted octanol–water partition coefficient (Wildman–Crippen LogP) is 1.62. The topological polar surface area (TPSA) is 18.5 Å². The maximum atomic E-state index is 4.71. The first-order chi connectivity index (χ1) is 4.41. The Bertz CT molecular complexity index is 87.2. The van der Waals surface area contributed by atoms with Crippen LogP contribution in [0.2, 0.25) is 0 Å². The molecule has 0 aliphatic heterocycles. The summed E-state index contributed by atoms with van der Waals surface area (Å²) in [6.45, 7) is 3.73. The molecule has 2 nitrogen and oxygen atoms in total. The summed E-state index contributed by atoms with van der Waals surface area (Å²) in [7, 11) is 1.25. The fourth-order valence-corrected chi connectivity index (χ4v) is 0.253. The number of allylic oxidation sites excluding steroid dienone is 2. The predicted molar refractivity (Wildman–Crippen MR) is 37.6 cm³/mol. The molecule has 0 atom stereocenters. The van der Waals surface area contributed by atoms with Crippen molar-refractivity contribution in [3.05, 3.63) is 24.7 Å². The summed E-state index contributed by atoms with van der Waals surface area (Å²) in [5, 5.41) is 0. The Labute approximate surface area is 56.5 Å². The average molecular weight is 125 g/mol. The van der Waals surface area contributed by atoms with E-state index in [1.54, 1.807) is 12.2 Å². The van der Waals surface area contributed by atoms with Gasteiger partial charge in [-0.3, -0.25) is 0 Å². The van der Waals surface area contributed by atoms with Gasteiger partial charge in [0.15, 0.2) is 0 Å². The second kappa shape index (κ2) is 7.14. The third-order valence-electron chi connectivity index (χ3n) is 0.540. The molecular formula is C6H10BO2. The van der Waals surface area contributed by atoms with Gasteiger partial charge in [0.05, 0.1) is 12.5 Å². The van der Waals surface area contributed by atoms with Gasteiger partial charge in [-0.2, -0.15) is 0 Å². The van der Waals surface area contributed by atoms with E-state index >= 15 is 0 Å². The summed E-state index contributed by atoms with van der Waals surface area (Å²) in [6, 6.07) is 0. The van der Waals surface area contributed by atoms with Crippen LogP contribution < -0.4 is 0 Å². The van der Waals surface area contributed by atoms with Crippen molar-refractivity contribution in [2.75, 3.05) is 0 Å². The van der Waals surface area contributed by atoms with E-state index in [9.17, 15) is 0 Å². The Hall–Kier alpha value is -0.855. The first kappa shape index (κ1) is 8.14. The highest BCUT2D eigenvalue weighted by molar-refractivity contribution is 6.18. The van der Waals surface area contributed by atoms with Crippen LogP contribution in [-0.4, -0.2) is 7.69 Å². The van der Waals surface area contributed by atoms with Crippen molar-refractivity contribution in [3.8, 4) is 0 Å². The van der Waals surface area contributed by atoms with E-state index in [2.05, 4.69) is 0 Å². The van der Waals surface area contributed by atoms with Crippen LogP contribution in [-0.2, 0) is 9.31 Å². The van der Waals surface area contributed by atoms with Gasteiger partial charge < -0.3 is 9.31 Å². The molecular weight excluding hydrogens is 115 g/mol. The molecule has 0 fully saturated rings. The van der Waals surface area contributed by atoms with Gasteiger partial charge in [0.1, 0.15) is 0 Å². The lowest BCUT2D eigenvalue weighted by Gasteiger charge is -1.93. The number of rotatable bonds is 4. The lowest BCUT2D eigenvalue weighted by Crippen LogP contribution is -1.93. The minimum atomic E-state index is 1.25. The second-order valence-electron chi connectivity index (χ2n) is 1.31. The molecule has 0 aromatic rings. The third-order valence-corrected chi connectivity index (χ3v) is 0.540. The normalized spacial score (nSPS) is 10.4. The lowest BCUT2D eigenvalue weighted by molar-refractivity contribution is 0.375. The largest absolute Gasteiger partial charge is 0.657 e. The minimum absolute atomic E-state index is 1.25. The van der Waals surface area contributed by atoms with Crippen molar-refractivity contribution in [3.63, 3.8) is 0 Å². The zero-order valence-corrected chi connectivity index (χ0v) is 5.70. The van der Waals surface area contributed by atoms with Gasteiger partial charge in [-0.15, -0.1) is 0 Å². The minimum Gasteiger partial charge on any atom is -0.533 e. The van der Waals surface area contributed by atoms with Crippen molar-refractivity contribution >= 4 is 7.69 Å². The Morgan fingerprint density at radius 1 is 1.00 bits per heavy atom. The molecule has 0 saturated carbocycles. The molecule has 0 unspecified atom stereocenters. The molecule has 0 bridgehead atoms. The SMILES string of the molecule is CC=CO[B]OC=CC. The van der Waals surface area contributed by atoms with E-state index < -0.39 is 0 Å². The molecule has 0 aliphatic rings. The molecule has 0 aromatic heterocycles. The van der Waals surface area contributed by atoms with Gasteiger partial charge in [0, 0.05) is 0 Å². The Balaban J connectivity index is 2.91. The van der Waals surface area contributed by atoms with Crippen molar-refractivity contribution in [1.29, 1.82) is 0 Å². The lowest BCUT2D eigenvalue weighted by atomic mass is 10.4. The van der Waals surface area contributed by atoms with Crippen molar-refractivity contribution in [2.45, 2.75) is 13.8 Å². The van der Waals surface area contributed by atoms with Gasteiger partial charge >= 0.3 is 7.69 Å². The van der Waals surface area contributed by atoms with E-state index in [-0.39, 0.29) is 0 Å². The van der Waals surface area contributed by atoms with Crippen LogP contribution in [0.1, 0.15) is 13.8 Å². The fraction of sp³-hybridized carbons (Fsp3) is 0.333. The molecule has 0 rings (SSSR count). The Morgan fingerprint density at radius 3 is 1.78 bits per heavy atom. The first-order valence-electron chi connectivity index (χ1n) is 2.76. The molecule has 0 N–H and O–H groups in total. The maximum Gasteiger partial charge on any atom is 0.657 e. The zero-order valence-electron chi connectivity index (χ0n) is 5.70. The van der Waals surface area contributed by atoms with E-state index in [1.165, 1.54) is 20.2 Å². The van der Waals surface area contributed by atoms with Gasteiger partial charge in [-0.05, 0) is 13.8 Å². The van der Waals surface area contributed by atoms with Crippen LogP contribution in [0.3, 0.4) is 0 Å². The summed E-state index contributed by atoms with van der Waals surface area (Å²) in [5.41, 5.74) is 0. The van der Waals surface area contributed by atoms with Crippen LogP contribution in [0.4, 0.5) is 0 Å². The van der Waals surface area contributed by atoms with Gasteiger partial charge in [0.2, 0.25) is 0 Å². The molecule has 49 valence electrons. The molecule has 0 aliphatic carbocycles. The molecule has 1 radical (unpaired) electrons. The molecule has 3 heteroatoms. The molecule has 9 heavy (non-hydrogen) atoms. The highest BCUT2D eigenvalue weighted by atomic mass is 16.6. The average Bonchev–Trinajstić information content (AvgIpc) is 1.89. The maximum absolute atomic E-state index is 4.71. The summed E-state index contributed by atoms with van der Waals surface area (Å²) >= 11 is 0. The summed E-state index contributed by atoms with van der Waals surface area (Å²) in [4.78, 5) is 0. The van der Waals surface area contributed by atoms with Crippen molar-refractivity contribution in [2.24, 2.45) is 0 Å². The molecule has 0 spiro atoms. The number of hydrogen-bond acceptors (Lipinski definition) is 2. The Morgan fingerprint density at radius 2 is 1.44 bits per heavy atom. The zero-order chi connectivity index (χ0) is 6.95. The van der Waals surface area contributed by atoms with Gasteiger partial charge in [-0.1, -0.05) is 12.2 Å². The summed E-state index contributed by atoms with van der Waals surface area (Å²) in [6.07, 6.45) is 6.61. The van der Waals surface area contributed by atoms with Crippen LogP contribution in [0.5, 0.6) is 0 Å². The molecule has 0 amide bonds. The summed E-state index contributed by atoms with van der Waals surface area (Å²) in [5.74, 6) is 0. The van der Waals surface area contributed by atoms with Gasteiger partial charge in [0.25, 0.3) is 0 Å². The quantitative estimate of drug-likeness (QED) is 0.323. The van der Waals surface area contributed by atoms with E-state index in [0.717, 1.165) is 0 Å². The van der Waals surface area contributed by atoms with Crippen LogP contribution in [0.15, 0.2) is 24.7 Å². The third kappa shape index (κ3) is 7.14. The number of hydrogen-bond donors (Lipinski definition) is 0. The van der Waals surface area contributed by atoms with Crippen LogP contribution in [0, 0.1) is 0 Å². The Kier molecular flexibility index (Phi) is 6.47. The molecule has 0 aromatic carbocycles. The highest BCUT2D eigenvalue weighted by Gasteiger charge is 1.85. The molecule has 0 saturated heterocycles. The van der Waals surface area contributed by atoms with E-state index in [0.29, 0.717) is 0 Å². The smallest absolute Gasteiger partial charge is 0.533 e. The second-order valence-corrected chi connectivity index (χ2v) is 1.31.